The number of rotatable bonds is 6. The van der Waals surface area contributed by atoms with Crippen LogP contribution in [0.3, 0.4) is 0 Å². The van der Waals surface area contributed by atoms with Gasteiger partial charge in [0.25, 0.3) is 0 Å². The van der Waals surface area contributed by atoms with Gasteiger partial charge in [-0.2, -0.15) is 0 Å². The fourth-order valence-corrected chi connectivity index (χ4v) is 2.11. The normalized spacial score (nSPS) is 14.5. The van der Waals surface area contributed by atoms with Crippen LogP contribution in [-0.4, -0.2) is 24.4 Å². The molecule has 1 aromatic rings. The summed E-state index contributed by atoms with van der Waals surface area (Å²) in [6, 6.07) is 7.77. The predicted octanol–water partition coefficient (Wildman–Crippen LogP) is 2.90. The van der Waals surface area contributed by atoms with Crippen molar-refractivity contribution in [1.29, 1.82) is 0 Å². The Morgan fingerprint density at radius 2 is 2.12 bits per heavy atom. The Balaban J connectivity index is 2.79. The molecule has 0 radical (unpaired) electrons. The van der Waals surface area contributed by atoms with Crippen molar-refractivity contribution in [1.82, 2.24) is 0 Å². The van der Waals surface area contributed by atoms with Crippen molar-refractivity contribution < 1.29 is 9.84 Å². The zero-order chi connectivity index (χ0) is 12.9. The minimum Gasteiger partial charge on any atom is -0.497 e. The van der Waals surface area contributed by atoms with Crippen molar-refractivity contribution in [2.75, 3.05) is 19.0 Å². The predicted molar refractivity (Wildman–Crippen MR) is 71.6 cm³/mol. The van der Waals surface area contributed by atoms with Crippen LogP contribution in [0.25, 0.3) is 0 Å². The molecule has 0 aliphatic heterocycles. The molecule has 1 rings (SSSR count). The van der Waals surface area contributed by atoms with Crippen molar-refractivity contribution in [3.05, 3.63) is 24.3 Å². The first-order valence-electron chi connectivity index (χ1n) is 6.02. The van der Waals surface area contributed by atoms with Crippen LogP contribution >= 0.6 is 0 Å². The third kappa shape index (κ3) is 4.27. The number of aliphatic hydroxyl groups is 1. The van der Waals surface area contributed by atoms with E-state index < -0.39 is 0 Å². The Hall–Kier alpha value is -1.22. The van der Waals surface area contributed by atoms with Crippen molar-refractivity contribution in [3.63, 3.8) is 0 Å². The molecule has 17 heavy (non-hydrogen) atoms. The molecule has 0 spiro atoms. The molecule has 2 N–H and O–H groups in total. The zero-order valence-electron chi connectivity index (χ0n) is 11.2. The van der Waals surface area contributed by atoms with E-state index in [1.165, 1.54) is 0 Å². The number of ether oxygens (including phenoxy) is 1. The van der Waals surface area contributed by atoms with Crippen LogP contribution in [0.15, 0.2) is 24.3 Å². The summed E-state index contributed by atoms with van der Waals surface area (Å²) < 4.78 is 5.18. The number of hydrogen-bond donors (Lipinski definition) is 2. The highest BCUT2D eigenvalue weighted by atomic mass is 16.5. The van der Waals surface area contributed by atoms with Gasteiger partial charge in [0, 0.05) is 11.8 Å². The maximum Gasteiger partial charge on any atom is 0.120 e. The maximum absolute atomic E-state index is 9.53. The van der Waals surface area contributed by atoms with E-state index >= 15 is 0 Å². The summed E-state index contributed by atoms with van der Waals surface area (Å²) in [7, 11) is 1.65. The van der Waals surface area contributed by atoms with Gasteiger partial charge in [-0.25, -0.2) is 0 Å². The summed E-state index contributed by atoms with van der Waals surface area (Å²) in [6.07, 6.45) is 0.917. The first-order chi connectivity index (χ1) is 7.99. The van der Waals surface area contributed by atoms with E-state index in [-0.39, 0.29) is 12.1 Å². The Bertz CT molecular complexity index is 352. The van der Waals surface area contributed by atoms with E-state index in [0.29, 0.717) is 5.92 Å². The summed E-state index contributed by atoms with van der Waals surface area (Å²) >= 11 is 0. The molecule has 3 nitrogen and oxygen atoms in total. The molecule has 0 aliphatic rings. The molecule has 1 unspecified atom stereocenters. The highest BCUT2D eigenvalue weighted by Gasteiger charge is 2.24. The quantitative estimate of drug-likeness (QED) is 0.799. The smallest absolute Gasteiger partial charge is 0.120 e. The van der Waals surface area contributed by atoms with Gasteiger partial charge in [-0.3, -0.25) is 0 Å². The van der Waals surface area contributed by atoms with E-state index in [1.807, 2.05) is 31.2 Å². The topological polar surface area (TPSA) is 41.5 Å². The van der Waals surface area contributed by atoms with Gasteiger partial charge in [-0.1, -0.05) is 19.9 Å². The molecule has 0 saturated carbocycles. The SMILES string of the molecule is COc1cccc(NC(C)(CO)CC(C)C)c1. The highest BCUT2D eigenvalue weighted by molar-refractivity contribution is 5.50. The summed E-state index contributed by atoms with van der Waals surface area (Å²) in [6.45, 7) is 6.46. The van der Waals surface area contributed by atoms with E-state index in [0.717, 1.165) is 17.9 Å². The molecule has 1 aromatic carbocycles. The summed E-state index contributed by atoms with van der Waals surface area (Å²) in [5.74, 6) is 1.35. The fourth-order valence-electron chi connectivity index (χ4n) is 2.11. The van der Waals surface area contributed by atoms with Crippen LogP contribution < -0.4 is 10.1 Å². The molecule has 0 bridgehead atoms. The van der Waals surface area contributed by atoms with Gasteiger partial charge in [0.2, 0.25) is 0 Å². The second kappa shape index (κ2) is 5.92. The summed E-state index contributed by atoms with van der Waals surface area (Å²) in [5.41, 5.74) is 0.683. The monoisotopic (exact) mass is 237 g/mol. The number of methoxy groups -OCH3 is 1. The lowest BCUT2D eigenvalue weighted by atomic mass is 9.91. The van der Waals surface area contributed by atoms with Crippen molar-refractivity contribution in [2.45, 2.75) is 32.7 Å². The van der Waals surface area contributed by atoms with Crippen LogP contribution in [0, 0.1) is 5.92 Å². The number of hydrogen-bond acceptors (Lipinski definition) is 3. The lowest BCUT2D eigenvalue weighted by Crippen LogP contribution is -2.40. The van der Waals surface area contributed by atoms with E-state index in [4.69, 9.17) is 4.74 Å². The Morgan fingerprint density at radius 1 is 1.41 bits per heavy atom. The Labute approximate surface area is 104 Å². The van der Waals surface area contributed by atoms with Crippen LogP contribution in [0.1, 0.15) is 27.2 Å². The lowest BCUT2D eigenvalue weighted by molar-refractivity contribution is 0.202. The highest BCUT2D eigenvalue weighted by Crippen LogP contribution is 2.24. The van der Waals surface area contributed by atoms with Crippen LogP contribution in [0.4, 0.5) is 5.69 Å². The third-order valence-electron chi connectivity index (χ3n) is 2.72. The average molecular weight is 237 g/mol. The molecule has 0 heterocycles. The minimum atomic E-state index is -0.291. The fraction of sp³-hybridized carbons (Fsp3) is 0.571. The van der Waals surface area contributed by atoms with Crippen molar-refractivity contribution in [3.8, 4) is 5.75 Å². The van der Waals surface area contributed by atoms with E-state index in [1.54, 1.807) is 7.11 Å². The van der Waals surface area contributed by atoms with Crippen molar-refractivity contribution >= 4 is 5.69 Å². The molecule has 96 valence electrons. The van der Waals surface area contributed by atoms with Crippen LogP contribution in [0.2, 0.25) is 0 Å². The van der Waals surface area contributed by atoms with E-state index in [9.17, 15) is 5.11 Å². The van der Waals surface area contributed by atoms with Gasteiger partial charge in [0.15, 0.2) is 0 Å². The third-order valence-corrected chi connectivity index (χ3v) is 2.72. The molecule has 0 fully saturated rings. The van der Waals surface area contributed by atoms with Gasteiger partial charge in [-0.05, 0) is 31.4 Å². The molecule has 1 atom stereocenters. The second-order valence-electron chi connectivity index (χ2n) is 5.17. The van der Waals surface area contributed by atoms with Crippen LogP contribution in [-0.2, 0) is 0 Å². The van der Waals surface area contributed by atoms with Gasteiger partial charge in [0.1, 0.15) is 5.75 Å². The van der Waals surface area contributed by atoms with E-state index in [2.05, 4.69) is 19.2 Å². The van der Waals surface area contributed by atoms with Gasteiger partial charge in [-0.15, -0.1) is 0 Å². The number of nitrogens with one attached hydrogen (secondary N) is 1. The molecular formula is C14H23NO2. The Morgan fingerprint density at radius 3 is 2.65 bits per heavy atom. The largest absolute Gasteiger partial charge is 0.497 e. The minimum absolute atomic E-state index is 0.113. The lowest BCUT2D eigenvalue weighted by Gasteiger charge is -2.31. The summed E-state index contributed by atoms with van der Waals surface area (Å²) in [5, 5.41) is 12.9. The first kappa shape index (κ1) is 13.8. The van der Waals surface area contributed by atoms with Gasteiger partial charge in [0.05, 0.1) is 19.3 Å². The molecule has 0 aliphatic carbocycles. The molecule has 0 saturated heterocycles. The number of anilines is 1. The molecular weight excluding hydrogens is 214 g/mol. The first-order valence-corrected chi connectivity index (χ1v) is 6.02. The Kier molecular flexibility index (Phi) is 4.82. The zero-order valence-corrected chi connectivity index (χ0v) is 11.2. The molecule has 3 heteroatoms. The van der Waals surface area contributed by atoms with Crippen LogP contribution in [0.5, 0.6) is 5.75 Å². The average Bonchev–Trinajstić information content (AvgIpc) is 2.28. The molecule has 0 aromatic heterocycles. The maximum atomic E-state index is 9.53. The summed E-state index contributed by atoms with van der Waals surface area (Å²) in [4.78, 5) is 0. The number of aliphatic hydroxyl groups excluding tert-OH is 1. The van der Waals surface area contributed by atoms with Crippen molar-refractivity contribution in [2.24, 2.45) is 5.92 Å². The number of benzene rings is 1. The standard InChI is InChI=1S/C14H23NO2/c1-11(2)9-14(3,10-16)15-12-6-5-7-13(8-12)17-4/h5-8,11,15-16H,9-10H2,1-4H3. The molecule has 0 amide bonds. The second-order valence-corrected chi connectivity index (χ2v) is 5.17. The van der Waals surface area contributed by atoms with Gasteiger partial charge < -0.3 is 15.2 Å². The van der Waals surface area contributed by atoms with Gasteiger partial charge >= 0.3 is 0 Å².